The zero-order valence-electron chi connectivity index (χ0n) is 16.2. The number of hydrogen-bond donors (Lipinski definition) is 2. The van der Waals surface area contributed by atoms with Crippen LogP contribution in [0.4, 0.5) is 16.2 Å². The highest BCUT2D eigenvalue weighted by Gasteiger charge is 2.15. The molecule has 1 heterocycles. The Hall–Kier alpha value is -4.28. The molecule has 0 atom stereocenters. The number of fused-ring (bicyclic) bond motifs is 1. The van der Waals surface area contributed by atoms with Crippen molar-refractivity contribution in [3.63, 3.8) is 0 Å². The Kier molecular flexibility index (Phi) is 5.72. The van der Waals surface area contributed by atoms with E-state index < -0.39 is 22.4 Å². The number of nitro benzene ring substituents is 1. The number of amides is 3. The summed E-state index contributed by atoms with van der Waals surface area (Å²) in [6, 6.07) is 10.1. The van der Waals surface area contributed by atoms with Gasteiger partial charge in [0.1, 0.15) is 12.9 Å². The van der Waals surface area contributed by atoms with Crippen LogP contribution in [0, 0.1) is 17.0 Å². The first-order valence-corrected chi connectivity index (χ1v) is 8.79. The van der Waals surface area contributed by atoms with Crippen molar-refractivity contribution in [3.05, 3.63) is 74.8 Å². The van der Waals surface area contributed by atoms with Gasteiger partial charge in [-0.1, -0.05) is 17.7 Å². The maximum Gasteiger partial charge on any atom is 0.325 e. The van der Waals surface area contributed by atoms with Gasteiger partial charge in [-0.25, -0.2) is 14.5 Å². The van der Waals surface area contributed by atoms with Crippen molar-refractivity contribution in [3.8, 4) is 0 Å². The predicted molar refractivity (Wildman–Crippen MR) is 110 cm³/mol. The fourth-order valence-electron chi connectivity index (χ4n) is 2.71. The molecule has 0 aliphatic heterocycles. The van der Waals surface area contributed by atoms with E-state index in [-0.39, 0.29) is 23.1 Å². The molecule has 2 N–H and O–H groups in total. The lowest BCUT2D eigenvalue weighted by molar-refractivity contribution is -0.384. The van der Waals surface area contributed by atoms with Crippen LogP contribution in [0.2, 0.25) is 0 Å². The van der Waals surface area contributed by atoms with Crippen LogP contribution in [-0.4, -0.2) is 40.1 Å². The Balaban J connectivity index is 1.70. The minimum atomic E-state index is -0.711. The minimum Gasteiger partial charge on any atom is -0.308 e. The number of rotatable bonds is 5. The Bertz CT molecular complexity index is 1190. The van der Waals surface area contributed by atoms with E-state index in [1.165, 1.54) is 30.5 Å². The van der Waals surface area contributed by atoms with Crippen molar-refractivity contribution in [1.29, 1.82) is 0 Å². The van der Waals surface area contributed by atoms with Crippen molar-refractivity contribution in [2.75, 3.05) is 23.9 Å². The average molecular weight is 410 g/mol. The maximum absolute atomic E-state index is 12.7. The number of hydrogen-bond acceptors (Lipinski definition) is 7. The number of benzene rings is 2. The molecule has 0 saturated heterocycles. The summed E-state index contributed by atoms with van der Waals surface area (Å²) in [5.41, 5.74) is 1.02. The van der Waals surface area contributed by atoms with Gasteiger partial charge in [0.25, 0.3) is 11.2 Å². The molecule has 0 saturated carbocycles. The normalized spacial score (nSPS) is 10.5. The number of nitrogens with zero attached hydrogens (tertiary/aromatic N) is 4. The quantitative estimate of drug-likeness (QED) is 0.480. The van der Waals surface area contributed by atoms with Crippen LogP contribution in [0.3, 0.4) is 0 Å². The Morgan fingerprint density at radius 2 is 1.90 bits per heavy atom. The van der Waals surface area contributed by atoms with Gasteiger partial charge in [-0.15, -0.1) is 0 Å². The topological polar surface area (TPSA) is 139 Å². The number of nitro groups is 1. The monoisotopic (exact) mass is 410 g/mol. The third-order valence-electron chi connectivity index (χ3n) is 4.24. The number of carbonyl (C=O) groups is 2. The van der Waals surface area contributed by atoms with Crippen LogP contribution >= 0.6 is 0 Å². The number of carbonyl (C=O) groups excluding carboxylic acids is 2. The van der Waals surface area contributed by atoms with Crippen LogP contribution in [0.5, 0.6) is 0 Å². The molecule has 0 unspecified atom stereocenters. The van der Waals surface area contributed by atoms with Crippen molar-refractivity contribution < 1.29 is 14.5 Å². The molecule has 11 heteroatoms. The van der Waals surface area contributed by atoms with Gasteiger partial charge in [0.15, 0.2) is 0 Å². The fraction of sp³-hybridized carbons (Fsp3) is 0.158. The number of non-ortho nitro benzene ring substituents is 1. The highest BCUT2D eigenvalue weighted by molar-refractivity contribution is 6.02. The van der Waals surface area contributed by atoms with Crippen molar-refractivity contribution >= 4 is 34.2 Å². The third kappa shape index (κ3) is 4.58. The van der Waals surface area contributed by atoms with Crippen LogP contribution in [0.1, 0.15) is 5.56 Å². The van der Waals surface area contributed by atoms with Crippen molar-refractivity contribution in [1.82, 2.24) is 15.0 Å². The third-order valence-corrected chi connectivity index (χ3v) is 4.24. The van der Waals surface area contributed by atoms with Gasteiger partial charge in [-0.2, -0.15) is 0 Å². The van der Waals surface area contributed by atoms with Gasteiger partial charge in [-0.05, 0) is 25.1 Å². The molecule has 3 amide bonds. The van der Waals surface area contributed by atoms with E-state index in [1.54, 1.807) is 12.1 Å². The van der Waals surface area contributed by atoms with Crippen LogP contribution in [-0.2, 0) is 4.79 Å². The zero-order chi connectivity index (χ0) is 21.8. The summed E-state index contributed by atoms with van der Waals surface area (Å²) in [6.45, 7) is 1.58. The summed E-state index contributed by atoms with van der Waals surface area (Å²) in [6.07, 6.45) is 1.20. The second-order valence-corrected chi connectivity index (χ2v) is 6.54. The molecule has 3 rings (SSSR count). The van der Waals surface area contributed by atoms with E-state index in [2.05, 4.69) is 15.6 Å². The summed E-state index contributed by atoms with van der Waals surface area (Å²) in [5.74, 6) is -0.659. The smallest absolute Gasteiger partial charge is 0.308 e. The first-order chi connectivity index (χ1) is 14.2. The molecule has 11 nitrogen and oxygen atoms in total. The molecule has 0 aliphatic rings. The highest BCUT2D eigenvalue weighted by Crippen LogP contribution is 2.16. The minimum absolute atomic E-state index is 0.0380. The second kappa shape index (κ2) is 8.39. The van der Waals surface area contributed by atoms with Crippen LogP contribution in [0.15, 0.2) is 53.6 Å². The van der Waals surface area contributed by atoms with Gasteiger partial charge >= 0.3 is 6.03 Å². The molecule has 2 aromatic carbocycles. The molecule has 0 radical (unpaired) electrons. The molecule has 30 heavy (non-hydrogen) atoms. The molecular formula is C19H18N6O5. The summed E-state index contributed by atoms with van der Waals surface area (Å²) in [4.78, 5) is 51.2. The fourth-order valence-corrected chi connectivity index (χ4v) is 2.71. The lowest BCUT2D eigenvalue weighted by Crippen LogP contribution is -2.47. The number of imide groups is 1. The van der Waals surface area contributed by atoms with Crippen molar-refractivity contribution in [2.24, 2.45) is 0 Å². The van der Waals surface area contributed by atoms with E-state index in [1.807, 2.05) is 19.1 Å². The van der Waals surface area contributed by atoms with Gasteiger partial charge in [0.05, 0.1) is 15.8 Å². The number of likely N-dealkylation sites (N-methyl/N-ethyl adjacent to an activating group) is 1. The molecule has 0 fully saturated rings. The first-order valence-electron chi connectivity index (χ1n) is 8.79. The number of nitrogens with one attached hydrogen (secondary N) is 2. The van der Waals surface area contributed by atoms with Gasteiger partial charge in [0, 0.05) is 24.9 Å². The van der Waals surface area contributed by atoms with Crippen LogP contribution in [0.25, 0.3) is 10.9 Å². The molecule has 0 bridgehead atoms. The average Bonchev–Trinajstić information content (AvgIpc) is 2.69. The first kappa shape index (κ1) is 20.5. The van der Waals surface area contributed by atoms with Gasteiger partial charge in [0.2, 0.25) is 5.91 Å². The van der Waals surface area contributed by atoms with E-state index in [9.17, 15) is 24.5 Å². The lowest BCUT2D eigenvalue weighted by Gasteiger charge is -2.20. The molecule has 3 aromatic rings. The molecular weight excluding hydrogens is 392 g/mol. The summed E-state index contributed by atoms with van der Waals surface area (Å²) in [5, 5.41) is 16.9. The van der Waals surface area contributed by atoms with Gasteiger partial charge < -0.3 is 10.3 Å². The Morgan fingerprint density at radius 1 is 1.20 bits per heavy atom. The van der Waals surface area contributed by atoms with Crippen LogP contribution < -0.4 is 21.2 Å². The second-order valence-electron chi connectivity index (χ2n) is 6.54. The zero-order valence-corrected chi connectivity index (χ0v) is 16.2. The SMILES string of the molecule is Cc1ccc(NC(=O)NC(=O)CN(C)n2cnc3ccc([N+](=O)[O-])cc3c2=O)cc1. The maximum atomic E-state index is 12.7. The Labute approximate surface area is 170 Å². The number of anilines is 1. The lowest BCUT2D eigenvalue weighted by atomic mass is 10.2. The molecule has 0 aliphatic carbocycles. The van der Waals surface area contributed by atoms with Crippen molar-refractivity contribution in [2.45, 2.75) is 6.92 Å². The summed E-state index contributed by atoms with van der Waals surface area (Å²) < 4.78 is 1.05. The number of aromatic nitrogens is 2. The summed E-state index contributed by atoms with van der Waals surface area (Å²) >= 11 is 0. The highest BCUT2D eigenvalue weighted by atomic mass is 16.6. The predicted octanol–water partition coefficient (Wildman–Crippen LogP) is 1.53. The summed E-state index contributed by atoms with van der Waals surface area (Å²) in [7, 11) is 1.45. The van der Waals surface area contributed by atoms with E-state index in [0.717, 1.165) is 16.3 Å². The van der Waals surface area contributed by atoms with E-state index in [0.29, 0.717) is 5.69 Å². The molecule has 154 valence electrons. The molecule has 1 aromatic heterocycles. The standard InChI is InChI=1S/C19H18N6O5/c1-12-3-5-13(6-4-12)21-19(28)22-17(26)10-23(2)24-11-20-16-8-7-14(25(29)30)9-15(16)18(24)27/h3-9,11H,10H2,1-2H3,(H2,21,22,26,28). The van der Waals surface area contributed by atoms with E-state index in [4.69, 9.17) is 0 Å². The Morgan fingerprint density at radius 3 is 2.57 bits per heavy atom. The molecule has 0 spiro atoms. The van der Waals surface area contributed by atoms with Gasteiger partial charge in [-0.3, -0.25) is 25.0 Å². The van der Waals surface area contributed by atoms with E-state index >= 15 is 0 Å². The number of urea groups is 1. The largest absolute Gasteiger partial charge is 0.325 e. The number of aryl methyl sites for hydroxylation is 1.